The predicted molar refractivity (Wildman–Crippen MR) is 140 cm³/mol. The number of Topliss-reactive ketones (excluding diaryl/α,β-unsaturated/α-hetero) is 1. The smallest absolute Gasteiger partial charge is 0.293 e. The van der Waals surface area contributed by atoms with Crippen LogP contribution in [0, 0.1) is 6.92 Å². The monoisotopic (exact) mass is 486 g/mol. The van der Waals surface area contributed by atoms with Gasteiger partial charge in [-0.05, 0) is 44.4 Å². The molecule has 0 bridgehead atoms. The molecule has 0 amide bonds. The number of aromatic nitrogens is 4. The molecule has 0 unspecified atom stereocenters. The molecule has 1 saturated carbocycles. The highest BCUT2D eigenvalue weighted by atomic mass is 16.1. The molecule has 185 valence electrons. The number of hydrogen-bond donors (Lipinski definition) is 1. The van der Waals surface area contributed by atoms with Gasteiger partial charge in [0.2, 0.25) is 5.95 Å². The van der Waals surface area contributed by atoms with Crippen molar-refractivity contribution < 1.29 is 9.59 Å². The number of carbonyl (C=O) groups is 2. The molecule has 5 rings (SSSR count). The fraction of sp³-hybridized carbons (Fsp3) is 0.440. The first-order chi connectivity index (χ1) is 17.5. The number of anilines is 3. The first-order valence-electron chi connectivity index (χ1n) is 12.4. The van der Waals surface area contributed by atoms with Crippen LogP contribution in [0.1, 0.15) is 54.6 Å². The third-order valence-corrected chi connectivity index (χ3v) is 7.19. The second-order valence-corrected chi connectivity index (χ2v) is 9.44. The number of pyridine rings is 2. The summed E-state index contributed by atoms with van der Waals surface area (Å²) in [5, 5.41) is 3.87. The highest BCUT2D eigenvalue weighted by Crippen LogP contribution is 2.32. The zero-order valence-corrected chi connectivity index (χ0v) is 20.6. The van der Waals surface area contributed by atoms with Gasteiger partial charge in [0, 0.05) is 43.8 Å². The quantitative estimate of drug-likeness (QED) is 0.306. The van der Waals surface area contributed by atoms with Gasteiger partial charge in [0.1, 0.15) is 11.5 Å². The molecule has 0 atom stereocenters. The van der Waals surface area contributed by atoms with Crippen LogP contribution in [0.2, 0.25) is 0 Å². The number of ketones is 1. The van der Waals surface area contributed by atoms with Crippen molar-refractivity contribution >= 4 is 47.9 Å². The average molecular weight is 486 g/mol. The molecule has 0 spiro atoms. The second-order valence-electron chi connectivity index (χ2n) is 9.44. The van der Waals surface area contributed by atoms with Crippen LogP contribution in [-0.2, 0) is 4.79 Å². The van der Waals surface area contributed by atoms with Crippen molar-refractivity contribution in [3.05, 3.63) is 46.0 Å². The summed E-state index contributed by atoms with van der Waals surface area (Å²) in [5.41, 5.74) is 2.14. The molecule has 4 heterocycles. The Balaban J connectivity index is 1.41. The van der Waals surface area contributed by atoms with E-state index in [1.165, 1.54) is 6.92 Å². The number of nitrogens with one attached hydrogen (secondary N) is 1. The summed E-state index contributed by atoms with van der Waals surface area (Å²) in [6.45, 7) is 6.42. The van der Waals surface area contributed by atoms with Crippen molar-refractivity contribution in [2.45, 2.75) is 45.6 Å². The maximum Gasteiger partial charge on any atom is 0.293 e. The molecule has 1 saturated heterocycles. The maximum absolute atomic E-state index is 13.4. The molecule has 11 heteroatoms. The van der Waals surface area contributed by atoms with Gasteiger partial charge in [-0.2, -0.15) is 4.98 Å². The Bertz CT molecular complexity index is 1340. The molecular weight excluding hydrogens is 457 g/mol. The van der Waals surface area contributed by atoms with Gasteiger partial charge < -0.3 is 19.8 Å². The first-order valence-corrected chi connectivity index (χ1v) is 12.4. The van der Waals surface area contributed by atoms with Gasteiger partial charge in [0.25, 0.3) is 13.0 Å². The van der Waals surface area contributed by atoms with Gasteiger partial charge in [-0.1, -0.05) is 12.8 Å². The molecule has 0 aromatic carbocycles. The summed E-state index contributed by atoms with van der Waals surface area (Å²) in [5.74, 6) is 0.709. The number of hydrogen-bond acceptors (Lipinski definition) is 9. The molecule has 36 heavy (non-hydrogen) atoms. The molecule has 1 N–H and O–H groups in total. The Kier molecular flexibility index (Phi) is 6.82. The predicted octanol–water partition coefficient (Wildman–Crippen LogP) is 2.49. The summed E-state index contributed by atoms with van der Waals surface area (Å²) in [4.78, 5) is 54.3. The molecule has 10 nitrogen and oxygen atoms in total. The van der Waals surface area contributed by atoms with Crippen LogP contribution in [-0.4, -0.2) is 69.9 Å². The molecular formula is C25H29BN7O3. The van der Waals surface area contributed by atoms with Crippen molar-refractivity contribution in [2.24, 2.45) is 0 Å². The van der Waals surface area contributed by atoms with E-state index < -0.39 is 0 Å². The van der Waals surface area contributed by atoms with E-state index in [4.69, 9.17) is 4.98 Å². The normalized spacial score (nSPS) is 16.9. The van der Waals surface area contributed by atoms with E-state index in [0.717, 1.165) is 63.7 Å². The average Bonchev–Trinajstić information content (AvgIpc) is 3.39. The number of rotatable bonds is 7. The number of aryl methyl sites for hydroxylation is 1. The standard InChI is InChI=1S/C25H29BN7O3/c1-16-20-14-28-25(30-23(20)33(18-5-3-4-6-18)24(36)22(16)17(2)35)29-21-8-7-19(13-27-21)31-9-11-32(12-10-31)26-15-34/h7-8,13-15,18H,3-6,9-12H2,1-2H3,(H,27,28,29,30). The lowest BCUT2D eigenvalue weighted by molar-refractivity contribution is 0.101. The Morgan fingerprint density at radius 3 is 2.50 bits per heavy atom. The van der Waals surface area contributed by atoms with Crippen molar-refractivity contribution in [2.75, 3.05) is 36.4 Å². The van der Waals surface area contributed by atoms with E-state index in [1.807, 2.05) is 16.9 Å². The van der Waals surface area contributed by atoms with Crippen LogP contribution >= 0.6 is 0 Å². The van der Waals surface area contributed by atoms with E-state index in [-0.39, 0.29) is 22.9 Å². The number of carbonyl (C=O) groups excluding carboxylic acids is 2. The summed E-state index contributed by atoms with van der Waals surface area (Å²) in [6, 6.07) is 3.90. The Morgan fingerprint density at radius 2 is 1.86 bits per heavy atom. The molecule has 3 aromatic rings. The van der Waals surface area contributed by atoms with Crippen LogP contribution < -0.4 is 15.8 Å². The Morgan fingerprint density at radius 1 is 1.11 bits per heavy atom. The number of nitrogens with zero attached hydrogens (tertiary/aromatic N) is 6. The highest BCUT2D eigenvalue weighted by molar-refractivity contribution is 6.64. The lowest BCUT2D eigenvalue weighted by Gasteiger charge is -2.35. The van der Waals surface area contributed by atoms with Crippen LogP contribution in [0.3, 0.4) is 0 Å². The maximum atomic E-state index is 13.4. The van der Waals surface area contributed by atoms with Gasteiger partial charge in [-0.3, -0.25) is 14.2 Å². The minimum absolute atomic E-state index is 0.0310. The number of piperazine rings is 1. The third-order valence-electron chi connectivity index (χ3n) is 7.19. The molecule has 1 aliphatic carbocycles. The SMILES string of the molecule is CC(=O)c1c(C)c2cnc(Nc3ccc(N4CCN([B]C=O)CC4)cn3)nc2n(C2CCCC2)c1=O. The highest BCUT2D eigenvalue weighted by Gasteiger charge is 2.26. The van der Waals surface area contributed by atoms with E-state index in [0.29, 0.717) is 28.4 Å². The third kappa shape index (κ3) is 4.62. The van der Waals surface area contributed by atoms with Gasteiger partial charge in [-0.15, -0.1) is 0 Å². The first kappa shape index (κ1) is 24.1. The van der Waals surface area contributed by atoms with Crippen molar-refractivity contribution in [3.8, 4) is 0 Å². The van der Waals surface area contributed by atoms with Crippen LogP contribution in [0.15, 0.2) is 29.3 Å². The van der Waals surface area contributed by atoms with E-state index in [9.17, 15) is 14.4 Å². The summed E-state index contributed by atoms with van der Waals surface area (Å²) in [7, 11) is 1.58. The minimum atomic E-state index is -0.266. The molecule has 1 aliphatic heterocycles. The summed E-state index contributed by atoms with van der Waals surface area (Å²) in [6.07, 6.45) is 8.21. The second kappa shape index (κ2) is 10.2. The fourth-order valence-electron chi connectivity index (χ4n) is 5.29. The zero-order chi connectivity index (χ0) is 25.2. The van der Waals surface area contributed by atoms with Gasteiger partial charge in [0.05, 0.1) is 23.6 Å². The van der Waals surface area contributed by atoms with Crippen LogP contribution in [0.25, 0.3) is 11.0 Å². The van der Waals surface area contributed by atoms with Gasteiger partial charge >= 0.3 is 0 Å². The minimum Gasteiger partial charge on any atom is -0.368 e. The van der Waals surface area contributed by atoms with Crippen molar-refractivity contribution in [1.82, 2.24) is 24.3 Å². The van der Waals surface area contributed by atoms with Crippen LogP contribution in [0.5, 0.6) is 0 Å². The lowest BCUT2D eigenvalue weighted by Crippen LogP contribution is -2.48. The molecule has 1 radical (unpaired) electrons. The summed E-state index contributed by atoms with van der Waals surface area (Å²) >= 11 is 0. The number of fused-ring (bicyclic) bond motifs is 1. The zero-order valence-electron chi connectivity index (χ0n) is 20.6. The Hall–Kier alpha value is -3.60. The fourth-order valence-corrected chi connectivity index (χ4v) is 5.29. The van der Waals surface area contributed by atoms with Crippen LogP contribution in [0.4, 0.5) is 17.5 Å². The van der Waals surface area contributed by atoms with E-state index >= 15 is 0 Å². The van der Waals surface area contributed by atoms with Gasteiger partial charge in [0.15, 0.2) is 5.78 Å². The van der Waals surface area contributed by atoms with E-state index in [2.05, 4.69) is 20.2 Å². The molecule has 2 aliphatic rings. The molecule has 2 fully saturated rings. The molecule has 3 aromatic heterocycles. The van der Waals surface area contributed by atoms with Gasteiger partial charge in [-0.25, -0.2) is 9.97 Å². The van der Waals surface area contributed by atoms with Crippen molar-refractivity contribution in [3.63, 3.8) is 0 Å². The van der Waals surface area contributed by atoms with Crippen molar-refractivity contribution in [1.29, 1.82) is 0 Å². The Labute approximate surface area is 210 Å². The largest absolute Gasteiger partial charge is 0.368 e. The topological polar surface area (TPSA) is 113 Å². The summed E-state index contributed by atoms with van der Waals surface area (Å²) < 4.78 is 1.71. The van der Waals surface area contributed by atoms with E-state index in [1.54, 1.807) is 31.3 Å². The lowest BCUT2D eigenvalue weighted by atomic mass is 9.93.